The van der Waals surface area contributed by atoms with Crippen LogP contribution in [0.15, 0.2) is 37.2 Å². The molecule has 0 aliphatic carbocycles. The highest BCUT2D eigenvalue weighted by atomic mass is 15.2. The van der Waals surface area contributed by atoms with Crippen molar-refractivity contribution in [2.24, 2.45) is 5.84 Å². The summed E-state index contributed by atoms with van der Waals surface area (Å²) in [6, 6.07) is 4.15. The molecule has 1 heterocycles. The molecule has 0 aliphatic rings. The van der Waals surface area contributed by atoms with Gasteiger partial charge in [-0.25, -0.2) is 0 Å². The van der Waals surface area contributed by atoms with E-state index in [1.54, 1.807) is 6.20 Å². The summed E-state index contributed by atoms with van der Waals surface area (Å²) in [5.74, 6) is 5.48. The number of aromatic nitrogens is 1. The van der Waals surface area contributed by atoms with E-state index in [0.717, 1.165) is 24.8 Å². The van der Waals surface area contributed by atoms with E-state index in [0.29, 0.717) is 0 Å². The van der Waals surface area contributed by atoms with E-state index in [2.05, 4.69) is 17.0 Å². The van der Waals surface area contributed by atoms with E-state index >= 15 is 0 Å². The van der Waals surface area contributed by atoms with Crippen molar-refractivity contribution in [3.63, 3.8) is 0 Å². The lowest BCUT2D eigenvalue weighted by Crippen LogP contribution is -2.28. The molecule has 3 N–H and O–H groups in total. The molecule has 0 radical (unpaired) electrons. The number of unbranched alkanes of at least 4 members (excludes halogenated alkanes) is 1. The van der Waals surface area contributed by atoms with Gasteiger partial charge in [-0.3, -0.25) is 16.3 Å². The number of hydrazine groups is 1. The molecule has 1 rings (SSSR count). The highest BCUT2D eigenvalue weighted by molar-refractivity contribution is 5.13. The van der Waals surface area contributed by atoms with Crippen molar-refractivity contribution >= 4 is 0 Å². The molecular weight excluding hydrogens is 174 g/mol. The first-order chi connectivity index (χ1) is 6.88. The molecule has 1 unspecified atom stereocenters. The smallest absolute Gasteiger partial charge is 0.0475 e. The van der Waals surface area contributed by atoms with Gasteiger partial charge in [0.25, 0.3) is 0 Å². The Morgan fingerprint density at radius 3 is 3.07 bits per heavy atom. The van der Waals surface area contributed by atoms with Gasteiger partial charge < -0.3 is 0 Å². The Balaban J connectivity index is 2.50. The molecule has 0 aromatic carbocycles. The van der Waals surface area contributed by atoms with Gasteiger partial charge in [0.1, 0.15) is 0 Å². The van der Waals surface area contributed by atoms with Crippen molar-refractivity contribution in [2.45, 2.75) is 25.3 Å². The molecule has 0 amide bonds. The van der Waals surface area contributed by atoms with Crippen LogP contribution in [0.2, 0.25) is 0 Å². The zero-order valence-corrected chi connectivity index (χ0v) is 8.32. The monoisotopic (exact) mass is 191 g/mol. The second-order valence-electron chi connectivity index (χ2n) is 3.23. The van der Waals surface area contributed by atoms with Gasteiger partial charge in [-0.2, -0.15) is 0 Å². The Morgan fingerprint density at radius 2 is 2.50 bits per heavy atom. The maximum absolute atomic E-state index is 5.48. The van der Waals surface area contributed by atoms with Crippen molar-refractivity contribution in [3.05, 3.63) is 42.7 Å². The topological polar surface area (TPSA) is 50.9 Å². The lowest BCUT2D eigenvalue weighted by molar-refractivity contribution is 0.499. The highest BCUT2D eigenvalue weighted by Crippen LogP contribution is 2.17. The van der Waals surface area contributed by atoms with E-state index in [-0.39, 0.29) is 6.04 Å². The van der Waals surface area contributed by atoms with Crippen LogP contribution in [0.4, 0.5) is 0 Å². The Labute approximate surface area is 85.0 Å². The molecule has 3 nitrogen and oxygen atoms in total. The largest absolute Gasteiger partial charge is 0.271 e. The first-order valence-corrected chi connectivity index (χ1v) is 4.85. The Kier molecular flexibility index (Phi) is 4.89. The number of hydrogen-bond donors (Lipinski definition) is 2. The second kappa shape index (κ2) is 6.29. The fraction of sp³-hybridized carbons (Fsp3) is 0.364. The molecule has 1 aromatic heterocycles. The third kappa shape index (κ3) is 3.28. The highest BCUT2D eigenvalue weighted by Gasteiger charge is 2.07. The van der Waals surface area contributed by atoms with Gasteiger partial charge in [-0.1, -0.05) is 12.1 Å². The summed E-state index contributed by atoms with van der Waals surface area (Å²) in [4.78, 5) is 4.07. The molecular formula is C11H17N3. The maximum Gasteiger partial charge on any atom is 0.0475 e. The molecule has 0 saturated carbocycles. The average molecular weight is 191 g/mol. The maximum atomic E-state index is 5.48. The minimum absolute atomic E-state index is 0.198. The van der Waals surface area contributed by atoms with Crippen LogP contribution >= 0.6 is 0 Å². The zero-order chi connectivity index (χ0) is 10.2. The molecule has 3 heteroatoms. The minimum atomic E-state index is 0.198. The molecule has 1 aromatic rings. The second-order valence-corrected chi connectivity index (χ2v) is 3.23. The lowest BCUT2D eigenvalue weighted by Gasteiger charge is -2.14. The van der Waals surface area contributed by atoms with E-state index < -0.39 is 0 Å². The van der Waals surface area contributed by atoms with Gasteiger partial charge in [-0.05, 0) is 30.9 Å². The van der Waals surface area contributed by atoms with Crippen LogP contribution in [0, 0.1) is 0 Å². The fourth-order valence-corrected chi connectivity index (χ4v) is 1.39. The summed E-state index contributed by atoms with van der Waals surface area (Å²) in [5.41, 5.74) is 3.94. The third-order valence-corrected chi connectivity index (χ3v) is 2.19. The van der Waals surface area contributed by atoms with Gasteiger partial charge in [-0.15, -0.1) is 6.58 Å². The number of hydrogen-bond acceptors (Lipinski definition) is 3. The van der Waals surface area contributed by atoms with Crippen LogP contribution < -0.4 is 11.3 Å². The summed E-state index contributed by atoms with van der Waals surface area (Å²) in [7, 11) is 0. The average Bonchev–Trinajstić information content (AvgIpc) is 2.26. The number of nitrogens with two attached hydrogens (primary N) is 1. The molecule has 0 aliphatic heterocycles. The van der Waals surface area contributed by atoms with Crippen LogP contribution in [-0.2, 0) is 0 Å². The zero-order valence-electron chi connectivity index (χ0n) is 8.32. The van der Waals surface area contributed by atoms with Gasteiger partial charge in [0, 0.05) is 18.4 Å². The van der Waals surface area contributed by atoms with Gasteiger partial charge in [0.05, 0.1) is 0 Å². The van der Waals surface area contributed by atoms with Crippen LogP contribution in [0.25, 0.3) is 0 Å². The molecule has 1 atom stereocenters. The number of nitrogens with zero attached hydrogens (tertiary/aromatic N) is 1. The SMILES string of the molecule is C=CCCCC(NN)c1cccnc1. The molecule has 14 heavy (non-hydrogen) atoms. The third-order valence-electron chi connectivity index (χ3n) is 2.19. The number of nitrogens with one attached hydrogen (secondary N) is 1. The van der Waals surface area contributed by atoms with Gasteiger partial charge >= 0.3 is 0 Å². The van der Waals surface area contributed by atoms with Crippen LogP contribution in [0.3, 0.4) is 0 Å². The summed E-state index contributed by atoms with van der Waals surface area (Å²) < 4.78 is 0. The van der Waals surface area contributed by atoms with Gasteiger partial charge in [0.15, 0.2) is 0 Å². The first-order valence-electron chi connectivity index (χ1n) is 4.85. The van der Waals surface area contributed by atoms with Crippen LogP contribution in [0.5, 0.6) is 0 Å². The van der Waals surface area contributed by atoms with E-state index in [9.17, 15) is 0 Å². The first kappa shape index (κ1) is 10.9. The number of allylic oxidation sites excluding steroid dienone is 1. The summed E-state index contributed by atoms with van der Waals surface area (Å²) in [5, 5.41) is 0. The van der Waals surface area contributed by atoms with Crippen LogP contribution in [0.1, 0.15) is 30.9 Å². The van der Waals surface area contributed by atoms with Gasteiger partial charge in [0.2, 0.25) is 0 Å². The number of pyridine rings is 1. The summed E-state index contributed by atoms with van der Waals surface area (Å²) >= 11 is 0. The lowest BCUT2D eigenvalue weighted by atomic mass is 10.0. The Bertz CT molecular complexity index is 258. The standard InChI is InChI=1S/C11H17N3/c1-2-3-4-7-11(14-12)10-6-5-8-13-9-10/h2,5-6,8-9,11,14H,1,3-4,7,12H2. The molecule has 76 valence electrons. The summed E-state index contributed by atoms with van der Waals surface area (Å²) in [6.07, 6.45) is 8.66. The molecule has 0 fully saturated rings. The fourth-order valence-electron chi connectivity index (χ4n) is 1.39. The minimum Gasteiger partial charge on any atom is -0.271 e. The van der Waals surface area contributed by atoms with Crippen molar-refractivity contribution in [1.82, 2.24) is 10.4 Å². The van der Waals surface area contributed by atoms with E-state index in [1.165, 1.54) is 0 Å². The normalized spacial score (nSPS) is 12.4. The quantitative estimate of drug-likeness (QED) is 0.313. The van der Waals surface area contributed by atoms with Crippen LogP contribution in [-0.4, -0.2) is 4.98 Å². The van der Waals surface area contributed by atoms with Crippen molar-refractivity contribution in [2.75, 3.05) is 0 Å². The molecule has 0 spiro atoms. The Morgan fingerprint density at radius 1 is 1.64 bits per heavy atom. The van der Waals surface area contributed by atoms with Crippen molar-refractivity contribution in [1.29, 1.82) is 0 Å². The summed E-state index contributed by atoms with van der Waals surface area (Å²) in [6.45, 7) is 3.69. The van der Waals surface area contributed by atoms with E-state index in [4.69, 9.17) is 5.84 Å². The van der Waals surface area contributed by atoms with Crippen molar-refractivity contribution in [3.8, 4) is 0 Å². The predicted octanol–water partition coefficient (Wildman–Crippen LogP) is 1.94. The van der Waals surface area contributed by atoms with Crippen molar-refractivity contribution < 1.29 is 0 Å². The Hall–Kier alpha value is -1.19. The molecule has 0 saturated heterocycles. The number of rotatable bonds is 6. The molecule has 0 bridgehead atoms. The predicted molar refractivity (Wildman–Crippen MR) is 58.3 cm³/mol. The van der Waals surface area contributed by atoms with E-state index in [1.807, 2.05) is 24.4 Å².